The number of carbonyl (C=O) groups is 1. The Kier molecular flexibility index (Phi) is 5.33. The van der Waals surface area contributed by atoms with Gasteiger partial charge in [-0.3, -0.25) is 9.69 Å². The van der Waals surface area contributed by atoms with Gasteiger partial charge in [-0.05, 0) is 26.7 Å². The van der Waals surface area contributed by atoms with Crippen LogP contribution in [0.25, 0.3) is 0 Å². The molecule has 0 radical (unpaired) electrons. The van der Waals surface area contributed by atoms with Gasteiger partial charge in [0, 0.05) is 13.1 Å². The maximum atomic E-state index is 12.1. The highest BCUT2D eigenvalue weighted by molar-refractivity contribution is 5.79. The van der Waals surface area contributed by atoms with Crippen LogP contribution in [-0.4, -0.2) is 48.2 Å². The van der Waals surface area contributed by atoms with Gasteiger partial charge >= 0.3 is 0 Å². The number of nitrogens with zero attached hydrogens (tertiary/aromatic N) is 2. The Labute approximate surface area is 115 Å². The quantitative estimate of drug-likeness (QED) is 0.830. The van der Waals surface area contributed by atoms with E-state index >= 15 is 0 Å². The van der Waals surface area contributed by atoms with Crippen molar-refractivity contribution in [2.24, 2.45) is 5.92 Å². The zero-order valence-corrected chi connectivity index (χ0v) is 12.6. The second kappa shape index (κ2) is 6.36. The molecule has 1 saturated heterocycles. The highest BCUT2D eigenvalue weighted by Crippen LogP contribution is 2.15. The van der Waals surface area contributed by atoms with Crippen LogP contribution >= 0.6 is 0 Å². The van der Waals surface area contributed by atoms with Gasteiger partial charge in [-0.2, -0.15) is 5.26 Å². The molecule has 0 spiro atoms. The molecular formula is C14H25N3O2. The van der Waals surface area contributed by atoms with Crippen molar-refractivity contribution in [1.82, 2.24) is 10.2 Å². The molecule has 0 aromatic heterocycles. The lowest BCUT2D eigenvalue weighted by Gasteiger charge is -2.35. The number of amides is 1. The van der Waals surface area contributed by atoms with E-state index in [9.17, 15) is 10.1 Å². The summed E-state index contributed by atoms with van der Waals surface area (Å²) < 4.78 is 5.63. The molecular weight excluding hydrogens is 242 g/mol. The molecule has 0 bridgehead atoms. The summed E-state index contributed by atoms with van der Waals surface area (Å²) in [5.41, 5.74) is -0.805. The molecule has 1 rings (SSSR count). The van der Waals surface area contributed by atoms with Gasteiger partial charge in [0.05, 0.1) is 24.8 Å². The van der Waals surface area contributed by atoms with Gasteiger partial charge in [-0.25, -0.2) is 0 Å². The number of hydrogen-bond donors (Lipinski definition) is 1. The molecule has 5 nitrogen and oxygen atoms in total. The molecule has 19 heavy (non-hydrogen) atoms. The molecule has 1 fully saturated rings. The summed E-state index contributed by atoms with van der Waals surface area (Å²) in [4.78, 5) is 14.1. The van der Waals surface area contributed by atoms with Crippen molar-refractivity contribution in [2.75, 3.05) is 19.6 Å². The average molecular weight is 267 g/mol. The van der Waals surface area contributed by atoms with Crippen LogP contribution in [0.15, 0.2) is 0 Å². The SMILES string of the molecule is CC(C)[C@](C)(C#N)NC(=O)CN1C[C@H](C)O[C@@H](C)C1. The molecule has 108 valence electrons. The standard InChI is InChI=1S/C14H25N3O2/c1-10(2)14(5,9-15)16-13(18)8-17-6-11(3)19-12(4)7-17/h10-12H,6-8H2,1-5H3,(H,16,18)/t11-,12-,14-/m0/s1. The maximum Gasteiger partial charge on any atom is 0.235 e. The van der Waals surface area contributed by atoms with E-state index in [0.717, 1.165) is 13.1 Å². The summed E-state index contributed by atoms with van der Waals surface area (Å²) >= 11 is 0. The van der Waals surface area contributed by atoms with Crippen LogP contribution < -0.4 is 5.32 Å². The molecule has 3 atom stereocenters. The summed E-state index contributed by atoms with van der Waals surface area (Å²) in [5, 5.41) is 12.0. The van der Waals surface area contributed by atoms with Gasteiger partial charge in [-0.15, -0.1) is 0 Å². The van der Waals surface area contributed by atoms with E-state index in [1.807, 2.05) is 27.7 Å². The first-order chi connectivity index (χ1) is 8.76. The molecule has 0 aliphatic carbocycles. The van der Waals surface area contributed by atoms with E-state index < -0.39 is 5.54 Å². The van der Waals surface area contributed by atoms with Crippen molar-refractivity contribution in [3.8, 4) is 6.07 Å². The summed E-state index contributed by atoms with van der Waals surface area (Å²) in [7, 11) is 0. The predicted molar refractivity (Wildman–Crippen MR) is 73.4 cm³/mol. The average Bonchev–Trinajstić information content (AvgIpc) is 2.26. The zero-order chi connectivity index (χ0) is 14.6. The van der Waals surface area contributed by atoms with Crippen LogP contribution in [-0.2, 0) is 9.53 Å². The molecule has 0 unspecified atom stereocenters. The van der Waals surface area contributed by atoms with E-state index in [1.165, 1.54) is 0 Å². The normalized spacial score (nSPS) is 27.6. The molecule has 1 aliphatic rings. The Morgan fingerprint density at radius 3 is 2.42 bits per heavy atom. The van der Waals surface area contributed by atoms with E-state index in [4.69, 9.17) is 4.74 Å². The van der Waals surface area contributed by atoms with Gasteiger partial charge in [0.1, 0.15) is 5.54 Å². The fourth-order valence-corrected chi connectivity index (χ4v) is 2.25. The molecule has 1 aliphatic heterocycles. The van der Waals surface area contributed by atoms with E-state index in [0.29, 0.717) is 6.54 Å². The largest absolute Gasteiger partial charge is 0.373 e. The van der Waals surface area contributed by atoms with Crippen molar-refractivity contribution < 1.29 is 9.53 Å². The third kappa shape index (κ3) is 4.48. The molecule has 1 N–H and O–H groups in total. The molecule has 5 heteroatoms. The fraction of sp³-hybridized carbons (Fsp3) is 0.857. The topological polar surface area (TPSA) is 65.4 Å². The van der Waals surface area contributed by atoms with Crippen LogP contribution in [0.2, 0.25) is 0 Å². The molecule has 1 heterocycles. The van der Waals surface area contributed by atoms with Crippen LogP contribution in [0, 0.1) is 17.2 Å². The highest BCUT2D eigenvalue weighted by Gasteiger charge is 2.31. The van der Waals surface area contributed by atoms with Gasteiger partial charge in [0.15, 0.2) is 0 Å². The first kappa shape index (κ1) is 15.9. The Balaban J connectivity index is 2.54. The number of hydrogen-bond acceptors (Lipinski definition) is 4. The summed E-state index contributed by atoms with van der Waals surface area (Å²) in [6.45, 7) is 11.5. The third-order valence-corrected chi connectivity index (χ3v) is 3.65. The Hall–Kier alpha value is -1.12. The maximum absolute atomic E-state index is 12.1. The number of morpholine rings is 1. The lowest BCUT2D eigenvalue weighted by molar-refractivity contribution is -0.127. The lowest BCUT2D eigenvalue weighted by atomic mass is 9.90. The van der Waals surface area contributed by atoms with Crippen LogP contribution in [0.5, 0.6) is 0 Å². The first-order valence-electron chi connectivity index (χ1n) is 6.87. The van der Waals surface area contributed by atoms with Crippen LogP contribution in [0.3, 0.4) is 0 Å². The minimum atomic E-state index is -0.805. The van der Waals surface area contributed by atoms with Gasteiger partial charge in [-0.1, -0.05) is 13.8 Å². The number of nitrogens with one attached hydrogen (secondary N) is 1. The second-order valence-corrected chi connectivity index (χ2v) is 5.97. The smallest absolute Gasteiger partial charge is 0.235 e. The van der Waals surface area contributed by atoms with Crippen molar-refractivity contribution in [2.45, 2.75) is 52.4 Å². The molecule has 1 amide bonds. The van der Waals surface area contributed by atoms with Gasteiger partial charge in [0.25, 0.3) is 0 Å². The molecule has 0 aromatic rings. The summed E-state index contributed by atoms with van der Waals surface area (Å²) in [5.74, 6) is -0.0250. The van der Waals surface area contributed by atoms with Gasteiger partial charge < -0.3 is 10.1 Å². The van der Waals surface area contributed by atoms with E-state index in [-0.39, 0.29) is 24.0 Å². The predicted octanol–water partition coefficient (Wildman–Crippen LogP) is 1.15. The Morgan fingerprint density at radius 2 is 2.00 bits per heavy atom. The second-order valence-electron chi connectivity index (χ2n) is 5.97. The highest BCUT2D eigenvalue weighted by atomic mass is 16.5. The van der Waals surface area contributed by atoms with E-state index in [2.05, 4.69) is 16.3 Å². The van der Waals surface area contributed by atoms with Crippen molar-refractivity contribution in [1.29, 1.82) is 5.26 Å². The third-order valence-electron chi connectivity index (χ3n) is 3.65. The molecule has 0 aromatic carbocycles. The van der Waals surface area contributed by atoms with E-state index in [1.54, 1.807) is 6.92 Å². The van der Waals surface area contributed by atoms with Crippen LogP contribution in [0.4, 0.5) is 0 Å². The van der Waals surface area contributed by atoms with Crippen molar-refractivity contribution in [3.63, 3.8) is 0 Å². The number of rotatable bonds is 4. The number of carbonyl (C=O) groups excluding carboxylic acids is 1. The zero-order valence-electron chi connectivity index (χ0n) is 12.6. The minimum Gasteiger partial charge on any atom is -0.373 e. The monoisotopic (exact) mass is 267 g/mol. The van der Waals surface area contributed by atoms with Crippen LogP contribution in [0.1, 0.15) is 34.6 Å². The van der Waals surface area contributed by atoms with Gasteiger partial charge in [0.2, 0.25) is 5.91 Å². The number of nitriles is 1. The van der Waals surface area contributed by atoms with Crippen molar-refractivity contribution in [3.05, 3.63) is 0 Å². The Bertz CT molecular complexity index is 354. The summed E-state index contributed by atoms with van der Waals surface area (Å²) in [6, 6.07) is 2.19. The minimum absolute atomic E-state index is 0.0731. The summed E-state index contributed by atoms with van der Waals surface area (Å²) in [6.07, 6.45) is 0.285. The Morgan fingerprint density at radius 1 is 1.47 bits per heavy atom. The van der Waals surface area contributed by atoms with Crippen molar-refractivity contribution >= 4 is 5.91 Å². The number of ether oxygens (including phenoxy) is 1. The fourth-order valence-electron chi connectivity index (χ4n) is 2.25. The first-order valence-corrected chi connectivity index (χ1v) is 6.87. The lowest BCUT2D eigenvalue weighted by Crippen LogP contribution is -2.54. The molecule has 0 saturated carbocycles.